The molecule has 0 unspecified atom stereocenters. The quantitative estimate of drug-likeness (QED) is 0.657. The Hall–Kier alpha value is -1.38. The normalized spacial score (nSPS) is 8.31. The Morgan fingerprint density at radius 3 is 2.54 bits per heavy atom. The van der Waals surface area contributed by atoms with E-state index in [1.807, 2.05) is 13.8 Å². The molecule has 1 aromatic heterocycles. The highest BCUT2D eigenvalue weighted by molar-refractivity contribution is 5.94. The molecule has 0 aliphatic heterocycles. The molecule has 3 heteroatoms. The predicted octanol–water partition coefficient (Wildman–Crippen LogP) is 2.32. The lowest BCUT2D eigenvalue weighted by Gasteiger charge is -1.98. The third kappa shape index (κ3) is 3.69. The van der Waals surface area contributed by atoms with Gasteiger partial charge in [-0.25, -0.2) is 4.98 Å². The molecule has 3 nitrogen and oxygen atoms in total. The van der Waals surface area contributed by atoms with Crippen LogP contribution in [0.3, 0.4) is 0 Å². The molecule has 0 aliphatic carbocycles. The first-order chi connectivity index (χ1) is 6.24. The largest absolute Gasteiger partial charge is 0.481 e. The number of aromatic nitrogens is 1. The lowest BCUT2D eigenvalue weighted by molar-refractivity contribution is 0.101. The Bertz CT molecular complexity index is 271. The molecule has 0 saturated heterocycles. The fourth-order valence-corrected chi connectivity index (χ4v) is 0.740. The van der Waals surface area contributed by atoms with E-state index in [0.29, 0.717) is 11.4 Å². The standard InChI is InChI=1S/C8H9NO2.C2H6/c1-6(10)7-3-4-9-8(5-7)11-2;1-2/h3-5H,1-2H3;1-2H3. The van der Waals surface area contributed by atoms with E-state index in [4.69, 9.17) is 4.74 Å². The minimum atomic E-state index is 0.0192. The van der Waals surface area contributed by atoms with Gasteiger partial charge in [-0.05, 0) is 13.0 Å². The van der Waals surface area contributed by atoms with E-state index < -0.39 is 0 Å². The summed E-state index contributed by atoms with van der Waals surface area (Å²) in [6.45, 7) is 5.51. The van der Waals surface area contributed by atoms with E-state index in [-0.39, 0.29) is 5.78 Å². The van der Waals surface area contributed by atoms with Crippen LogP contribution in [0.1, 0.15) is 31.1 Å². The number of Topliss-reactive ketones (excluding diaryl/α,β-unsaturated/α-hetero) is 1. The van der Waals surface area contributed by atoms with Gasteiger partial charge in [0.25, 0.3) is 0 Å². The molecule has 0 fully saturated rings. The molecule has 0 saturated carbocycles. The monoisotopic (exact) mass is 181 g/mol. The summed E-state index contributed by atoms with van der Waals surface area (Å²) in [5.41, 5.74) is 0.622. The van der Waals surface area contributed by atoms with Crippen LogP contribution in [0.5, 0.6) is 5.88 Å². The molecule has 1 aromatic rings. The van der Waals surface area contributed by atoms with E-state index in [2.05, 4.69) is 4.98 Å². The van der Waals surface area contributed by atoms with Crippen molar-refractivity contribution in [3.63, 3.8) is 0 Å². The van der Waals surface area contributed by atoms with Gasteiger partial charge in [-0.15, -0.1) is 0 Å². The van der Waals surface area contributed by atoms with Crippen LogP contribution in [0.2, 0.25) is 0 Å². The van der Waals surface area contributed by atoms with E-state index in [0.717, 1.165) is 0 Å². The molecule has 0 aliphatic rings. The number of hydrogen-bond acceptors (Lipinski definition) is 3. The second-order valence-electron chi connectivity index (χ2n) is 2.14. The van der Waals surface area contributed by atoms with Crippen LogP contribution >= 0.6 is 0 Å². The molecule has 1 rings (SSSR count). The SMILES string of the molecule is CC.COc1cc(C(C)=O)ccn1. The number of rotatable bonds is 2. The number of pyridine rings is 1. The summed E-state index contributed by atoms with van der Waals surface area (Å²) in [6, 6.07) is 3.27. The summed E-state index contributed by atoms with van der Waals surface area (Å²) in [6.07, 6.45) is 1.55. The van der Waals surface area contributed by atoms with E-state index in [9.17, 15) is 4.79 Å². The van der Waals surface area contributed by atoms with Crippen molar-refractivity contribution in [3.8, 4) is 5.88 Å². The van der Waals surface area contributed by atoms with Gasteiger partial charge in [0.05, 0.1) is 7.11 Å². The molecule has 13 heavy (non-hydrogen) atoms. The molecule has 0 amide bonds. The predicted molar refractivity (Wildman–Crippen MR) is 52.1 cm³/mol. The van der Waals surface area contributed by atoms with Gasteiger partial charge in [0, 0.05) is 17.8 Å². The first-order valence-electron chi connectivity index (χ1n) is 4.25. The summed E-state index contributed by atoms with van der Waals surface area (Å²) >= 11 is 0. The Labute approximate surface area is 78.8 Å². The van der Waals surface area contributed by atoms with Gasteiger partial charge in [-0.2, -0.15) is 0 Å². The third-order valence-electron chi connectivity index (χ3n) is 1.35. The summed E-state index contributed by atoms with van der Waals surface area (Å²) in [5.74, 6) is 0.489. The summed E-state index contributed by atoms with van der Waals surface area (Å²) in [4.78, 5) is 14.7. The number of methoxy groups -OCH3 is 1. The zero-order valence-electron chi connectivity index (χ0n) is 8.50. The van der Waals surface area contributed by atoms with Gasteiger partial charge in [-0.3, -0.25) is 4.79 Å². The van der Waals surface area contributed by atoms with Crippen molar-refractivity contribution in [1.82, 2.24) is 4.98 Å². The van der Waals surface area contributed by atoms with Gasteiger partial charge in [0.15, 0.2) is 5.78 Å². The zero-order chi connectivity index (χ0) is 10.3. The highest BCUT2D eigenvalue weighted by Crippen LogP contribution is 2.08. The van der Waals surface area contributed by atoms with E-state index >= 15 is 0 Å². The fraction of sp³-hybridized carbons (Fsp3) is 0.400. The second kappa shape index (κ2) is 6.17. The smallest absolute Gasteiger partial charge is 0.213 e. The van der Waals surface area contributed by atoms with Crippen molar-refractivity contribution in [3.05, 3.63) is 23.9 Å². The molecule has 0 aromatic carbocycles. The van der Waals surface area contributed by atoms with E-state index in [1.165, 1.54) is 14.0 Å². The van der Waals surface area contributed by atoms with Crippen LogP contribution in [0.25, 0.3) is 0 Å². The maximum Gasteiger partial charge on any atom is 0.213 e. The zero-order valence-corrected chi connectivity index (χ0v) is 8.50. The number of hydrogen-bond donors (Lipinski definition) is 0. The van der Waals surface area contributed by atoms with Crippen molar-refractivity contribution in [1.29, 1.82) is 0 Å². The van der Waals surface area contributed by atoms with Crippen molar-refractivity contribution in [2.75, 3.05) is 7.11 Å². The minimum Gasteiger partial charge on any atom is -0.481 e. The Balaban J connectivity index is 0.000000671. The number of carbonyl (C=O) groups excluding carboxylic acids is 1. The average molecular weight is 181 g/mol. The van der Waals surface area contributed by atoms with Crippen LogP contribution in [0.15, 0.2) is 18.3 Å². The topological polar surface area (TPSA) is 39.2 Å². The van der Waals surface area contributed by atoms with Crippen molar-refractivity contribution in [2.24, 2.45) is 0 Å². The lowest BCUT2D eigenvalue weighted by Crippen LogP contribution is -1.94. The van der Waals surface area contributed by atoms with Crippen molar-refractivity contribution >= 4 is 5.78 Å². The maximum absolute atomic E-state index is 10.8. The lowest BCUT2D eigenvalue weighted by atomic mass is 10.2. The molecule has 0 N–H and O–H groups in total. The van der Waals surface area contributed by atoms with E-state index in [1.54, 1.807) is 18.3 Å². The molecule has 1 heterocycles. The molecule has 0 atom stereocenters. The molecule has 0 bridgehead atoms. The number of nitrogens with zero attached hydrogens (tertiary/aromatic N) is 1. The van der Waals surface area contributed by atoms with Crippen LogP contribution in [-0.4, -0.2) is 17.9 Å². The summed E-state index contributed by atoms with van der Waals surface area (Å²) in [7, 11) is 1.52. The summed E-state index contributed by atoms with van der Waals surface area (Å²) < 4.78 is 4.84. The average Bonchev–Trinajstić information content (AvgIpc) is 2.21. The molecular weight excluding hydrogens is 166 g/mol. The first kappa shape index (κ1) is 11.6. The number of carbonyl (C=O) groups is 1. The minimum absolute atomic E-state index is 0.0192. The Morgan fingerprint density at radius 1 is 1.46 bits per heavy atom. The Kier molecular flexibility index (Phi) is 5.52. The van der Waals surface area contributed by atoms with Crippen molar-refractivity contribution in [2.45, 2.75) is 20.8 Å². The fourth-order valence-electron chi connectivity index (χ4n) is 0.740. The highest BCUT2D eigenvalue weighted by Gasteiger charge is 1.99. The van der Waals surface area contributed by atoms with Crippen LogP contribution in [0.4, 0.5) is 0 Å². The van der Waals surface area contributed by atoms with Gasteiger partial charge in [0.2, 0.25) is 5.88 Å². The number of ketones is 1. The van der Waals surface area contributed by atoms with Crippen molar-refractivity contribution < 1.29 is 9.53 Å². The number of ether oxygens (including phenoxy) is 1. The highest BCUT2D eigenvalue weighted by atomic mass is 16.5. The van der Waals surface area contributed by atoms with Gasteiger partial charge in [0.1, 0.15) is 0 Å². The maximum atomic E-state index is 10.8. The van der Waals surface area contributed by atoms with Crippen LogP contribution in [0, 0.1) is 0 Å². The summed E-state index contributed by atoms with van der Waals surface area (Å²) in [5, 5.41) is 0. The van der Waals surface area contributed by atoms with Gasteiger partial charge >= 0.3 is 0 Å². The van der Waals surface area contributed by atoms with Gasteiger partial charge < -0.3 is 4.74 Å². The Morgan fingerprint density at radius 2 is 2.08 bits per heavy atom. The molecule has 0 spiro atoms. The first-order valence-corrected chi connectivity index (χ1v) is 4.25. The molecule has 72 valence electrons. The molecule has 0 radical (unpaired) electrons. The van der Waals surface area contributed by atoms with Crippen LogP contribution in [-0.2, 0) is 0 Å². The van der Waals surface area contributed by atoms with Crippen LogP contribution < -0.4 is 4.74 Å². The van der Waals surface area contributed by atoms with Gasteiger partial charge in [-0.1, -0.05) is 13.8 Å². The third-order valence-corrected chi connectivity index (χ3v) is 1.35. The molecular formula is C10H15NO2. The second-order valence-corrected chi connectivity index (χ2v) is 2.14.